The Bertz CT molecular complexity index is 1140. The van der Waals surface area contributed by atoms with Gasteiger partial charge in [-0.25, -0.2) is 4.98 Å². The van der Waals surface area contributed by atoms with Gasteiger partial charge in [0.2, 0.25) is 5.91 Å². The first kappa shape index (κ1) is 22.6. The van der Waals surface area contributed by atoms with Gasteiger partial charge in [-0.2, -0.15) is 0 Å². The molecule has 2 atom stereocenters. The largest absolute Gasteiger partial charge is 0.346 e. The molecule has 2 N–H and O–H groups in total. The minimum Gasteiger partial charge on any atom is -0.346 e. The molecule has 7 nitrogen and oxygen atoms in total. The number of thiophene rings is 1. The number of hydrogen-bond acceptors (Lipinski definition) is 6. The maximum Gasteiger partial charge on any atom is 0.262 e. The molecule has 1 amide bonds. The first-order chi connectivity index (χ1) is 15.4. The van der Waals surface area contributed by atoms with E-state index >= 15 is 0 Å². The molecule has 0 spiro atoms. The Morgan fingerprint density at radius 2 is 2.03 bits per heavy atom. The van der Waals surface area contributed by atoms with E-state index in [4.69, 9.17) is 0 Å². The number of hydrazine groups is 1. The summed E-state index contributed by atoms with van der Waals surface area (Å²) in [5.74, 6) is 0.0508. The minimum absolute atomic E-state index is 0.0508. The van der Waals surface area contributed by atoms with Crippen LogP contribution < -0.4 is 16.4 Å². The van der Waals surface area contributed by atoms with Crippen LogP contribution in [0.2, 0.25) is 0 Å². The zero-order chi connectivity index (χ0) is 22.7. The number of nitrogens with zero attached hydrogens (tertiary/aromatic N) is 3. The highest BCUT2D eigenvalue weighted by Crippen LogP contribution is 2.25. The molecule has 2 unspecified atom stereocenters. The van der Waals surface area contributed by atoms with E-state index in [2.05, 4.69) is 40.1 Å². The van der Waals surface area contributed by atoms with Crippen LogP contribution in [0.25, 0.3) is 10.2 Å². The average molecular weight is 454 g/mol. The molecule has 0 aliphatic carbocycles. The lowest BCUT2D eigenvalue weighted by Gasteiger charge is -2.18. The van der Waals surface area contributed by atoms with Gasteiger partial charge in [0.25, 0.3) is 5.56 Å². The highest BCUT2D eigenvalue weighted by molar-refractivity contribution is 7.18. The van der Waals surface area contributed by atoms with Crippen molar-refractivity contribution >= 4 is 27.5 Å². The molecule has 1 fully saturated rings. The smallest absolute Gasteiger partial charge is 0.262 e. The first-order valence-corrected chi connectivity index (χ1v) is 12.0. The Balaban J connectivity index is 1.23. The van der Waals surface area contributed by atoms with Gasteiger partial charge in [-0.3, -0.25) is 25.0 Å². The molecule has 170 valence electrons. The number of nitrogens with one attached hydrogen (secondary N) is 2. The van der Waals surface area contributed by atoms with Gasteiger partial charge >= 0.3 is 0 Å². The SMILES string of the molecule is Cc1sc2ncn(CCC(=O)N(C)CCCC3CC(c4ccccc4)NN3)c(=O)c2c1C. The molecular weight excluding hydrogens is 422 g/mol. The van der Waals surface area contributed by atoms with E-state index < -0.39 is 0 Å². The second-order valence-electron chi connectivity index (χ2n) is 8.60. The van der Waals surface area contributed by atoms with Gasteiger partial charge in [-0.15, -0.1) is 11.3 Å². The van der Waals surface area contributed by atoms with Gasteiger partial charge in [-0.05, 0) is 44.2 Å². The van der Waals surface area contributed by atoms with Crippen LogP contribution in [-0.4, -0.2) is 40.0 Å². The standard InChI is InChI=1S/C24H31N5O2S/c1-16-17(2)32-23-22(16)24(31)29(15-25-23)13-11-21(30)28(3)12-7-10-19-14-20(27-26-19)18-8-5-4-6-9-18/h4-6,8-9,15,19-20,26-27H,7,10-14H2,1-3H3. The van der Waals surface area contributed by atoms with E-state index in [1.165, 1.54) is 16.9 Å². The summed E-state index contributed by atoms with van der Waals surface area (Å²) in [6.07, 6.45) is 4.84. The fourth-order valence-corrected chi connectivity index (χ4v) is 5.24. The molecule has 3 aromatic rings. The van der Waals surface area contributed by atoms with Crippen LogP contribution in [-0.2, 0) is 11.3 Å². The van der Waals surface area contributed by atoms with E-state index in [9.17, 15) is 9.59 Å². The highest BCUT2D eigenvalue weighted by atomic mass is 32.1. The summed E-state index contributed by atoms with van der Waals surface area (Å²) >= 11 is 1.54. The summed E-state index contributed by atoms with van der Waals surface area (Å²) in [6.45, 7) is 5.02. The molecule has 1 saturated heterocycles. The van der Waals surface area contributed by atoms with Crippen molar-refractivity contribution in [1.82, 2.24) is 25.3 Å². The summed E-state index contributed by atoms with van der Waals surface area (Å²) in [4.78, 5) is 33.4. The molecule has 1 aromatic carbocycles. The van der Waals surface area contributed by atoms with E-state index in [-0.39, 0.29) is 11.5 Å². The van der Waals surface area contributed by atoms with Gasteiger partial charge in [0.1, 0.15) is 4.83 Å². The van der Waals surface area contributed by atoms with E-state index in [0.717, 1.165) is 34.5 Å². The number of carbonyl (C=O) groups excluding carboxylic acids is 1. The lowest BCUT2D eigenvalue weighted by Crippen LogP contribution is -2.33. The number of fused-ring (bicyclic) bond motifs is 1. The third-order valence-corrected chi connectivity index (χ3v) is 7.49. The third kappa shape index (κ3) is 4.92. The second-order valence-corrected chi connectivity index (χ2v) is 9.80. The molecule has 8 heteroatoms. The quantitative estimate of drug-likeness (QED) is 0.547. The molecule has 0 saturated carbocycles. The van der Waals surface area contributed by atoms with Crippen LogP contribution in [0.15, 0.2) is 41.5 Å². The molecule has 3 heterocycles. The Kier molecular flexibility index (Phi) is 7.03. The minimum atomic E-state index is -0.0555. The van der Waals surface area contributed by atoms with Crippen molar-refractivity contribution in [1.29, 1.82) is 0 Å². The number of benzene rings is 1. The second kappa shape index (κ2) is 9.94. The summed E-state index contributed by atoms with van der Waals surface area (Å²) < 4.78 is 1.56. The van der Waals surface area contributed by atoms with Gasteiger partial charge in [-0.1, -0.05) is 30.3 Å². The van der Waals surface area contributed by atoms with Crippen LogP contribution in [0.4, 0.5) is 0 Å². The lowest BCUT2D eigenvalue weighted by molar-refractivity contribution is -0.130. The normalized spacial score (nSPS) is 18.3. The molecule has 1 aliphatic rings. The van der Waals surface area contributed by atoms with Crippen molar-refractivity contribution < 1.29 is 4.79 Å². The van der Waals surface area contributed by atoms with Crippen molar-refractivity contribution in [2.24, 2.45) is 0 Å². The molecule has 2 aromatic heterocycles. The monoisotopic (exact) mass is 453 g/mol. The van der Waals surface area contributed by atoms with Crippen molar-refractivity contribution in [2.45, 2.75) is 58.2 Å². The molecule has 32 heavy (non-hydrogen) atoms. The first-order valence-electron chi connectivity index (χ1n) is 11.2. The van der Waals surface area contributed by atoms with E-state index in [1.807, 2.05) is 27.0 Å². The summed E-state index contributed by atoms with van der Waals surface area (Å²) in [5, 5.41) is 0.683. The predicted octanol–water partition coefficient (Wildman–Crippen LogP) is 3.31. The van der Waals surface area contributed by atoms with Crippen molar-refractivity contribution in [3.8, 4) is 0 Å². The molecule has 0 bridgehead atoms. The van der Waals surface area contributed by atoms with Gasteiger partial charge in [0, 0.05) is 43.5 Å². The Hall–Kier alpha value is -2.55. The molecule has 4 rings (SSSR count). The van der Waals surface area contributed by atoms with Crippen LogP contribution in [0.5, 0.6) is 0 Å². The lowest BCUT2D eigenvalue weighted by atomic mass is 10.00. The fraction of sp³-hybridized carbons (Fsp3) is 0.458. The number of amides is 1. The third-order valence-electron chi connectivity index (χ3n) is 6.38. The molecular formula is C24H31N5O2S. The van der Waals surface area contributed by atoms with Crippen LogP contribution in [0, 0.1) is 13.8 Å². The Labute approximate surface area is 192 Å². The van der Waals surface area contributed by atoms with Crippen LogP contribution >= 0.6 is 11.3 Å². The van der Waals surface area contributed by atoms with Gasteiger partial charge in [0.15, 0.2) is 0 Å². The van der Waals surface area contributed by atoms with Crippen molar-refractivity contribution in [3.63, 3.8) is 0 Å². The Morgan fingerprint density at radius 1 is 1.25 bits per heavy atom. The van der Waals surface area contributed by atoms with Crippen LogP contribution in [0.3, 0.4) is 0 Å². The number of rotatable bonds is 8. The number of aromatic nitrogens is 2. The maximum absolute atomic E-state index is 12.8. The number of carbonyl (C=O) groups is 1. The Morgan fingerprint density at radius 3 is 2.81 bits per heavy atom. The van der Waals surface area contributed by atoms with E-state index in [0.29, 0.717) is 37.0 Å². The number of hydrogen-bond donors (Lipinski definition) is 2. The van der Waals surface area contributed by atoms with Crippen molar-refractivity contribution in [3.05, 3.63) is 63.0 Å². The summed E-state index contributed by atoms with van der Waals surface area (Å²) in [5.41, 5.74) is 8.99. The fourth-order valence-electron chi connectivity index (χ4n) is 4.25. The van der Waals surface area contributed by atoms with Gasteiger partial charge in [0.05, 0.1) is 11.7 Å². The van der Waals surface area contributed by atoms with Gasteiger partial charge < -0.3 is 4.90 Å². The summed E-state index contributed by atoms with van der Waals surface area (Å²) in [6, 6.07) is 11.2. The molecule has 1 aliphatic heterocycles. The predicted molar refractivity (Wildman–Crippen MR) is 129 cm³/mol. The topological polar surface area (TPSA) is 79.3 Å². The zero-order valence-corrected chi connectivity index (χ0v) is 19.7. The maximum atomic E-state index is 12.8. The number of aryl methyl sites for hydroxylation is 3. The average Bonchev–Trinajstić information content (AvgIpc) is 3.38. The zero-order valence-electron chi connectivity index (χ0n) is 18.9. The highest BCUT2D eigenvalue weighted by Gasteiger charge is 2.24. The molecule has 0 radical (unpaired) electrons. The summed E-state index contributed by atoms with van der Waals surface area (Å²) in [7, 11) is 1.84. The van der Waals surface area contributed by atoms with Crippen molar-refractivity contribution in [2.75, 3.05) is 13.6 Å². The van der Waals surface area contributed by atoms with E-state index in [1.54, 1.807) is 15.8 Å². The van der Waals surface area contributed by atoms with Crippen LogP contribution in [0.1, 0.15) is 47.7 Å².